The number of hydrogen-bond acceptors (Lipinski definition) is 3. The average molecular weight is 422 g/mol. The van der Waals surface area contributed by atoms with Gasteiger partial charge in [-0.05, 0) is 30.7 Å². The molecule has 0 radical (unpaired) electrons. The molecule has 1 aliphatic heterocycles. The van der Waals surface area contributed by atoms with Gasteiger partial charge < -0.3 is 20.5 Å². The van der Waals surface area contributed by atoms with Gasteiger partial charge in [-0.15, -0.1) is 0 Å². The third-order valence-corrected chi connectivity index (χ3v) is 5.80. The van der Waals surface area contributed by atoms with Crippen LogP contribution in [0.3, 0.4) is 0 Å². The van der Waals surface area contributed by atoms with E-state index in [-0.39, 0.29) is 24.1 Å². The molecule has 2 heterocycles. The Morgan fingerprint density at radius 2 is 1.97 bits per heavy atom. The molecule has 0 saturated carbocycles. The molecule has 7 nitrogen and oxygen atoms in total. The molecule has 3 amide bonds. The summed E-state index contributed by atoms with van der Waals surface area (Å²) in [7, 11) is 0. The number of urea groups is 1. The molecular formula is C22H20ClN5O2. The number of aromatic nitrogens is 1. The standard InChI is InChI=1S/C22H20ClN5O2/c23-19-18(21(25)29)17-13-27(22(30)26-16-8-6-14(12-24)7-9-16)10-11-28(17)20(19)15-4-2-1-3-5-15/h1-4,6-9,15H,5,10-11,13H2,(H2,25,29)(H,26,30). The molecule has 2 aromatic rings. The summed E-state index contributed by atoms with van der Waals surface area (Å²) in [5, 5.41) is 12.1. The normalized spacial score (nSPS) is 17.3. The summed E-state index contributed by atoms with van der Waals surface area (Å²) in [6, 6.07) is 8.38. The fourth-order valence-electron chi connectivity index (χ4n) is 3.95. The number of carbonyl (C=O) groups is 2. The van der Waals surface area contributed by atoms with Gasteiger partial charge in [0.2, 0.25) is 0 Å². The molecule has 2 aliphatic rings. The molecule has 8 heteroatoms. The molecule has 1 unspecified atom stereocenters. The van der Waals surface area contributed by atoms with Gasteiger partial charge in [0.05, 0.1) is 34.5 Å². The van der Waals surface area contributed by atoms with Crippen molar-refractivity contribution in [3.8, 4) is 6.07 Å². The second-order valence-corrected chi connectivity index (χ2v) is 7.61. The maximum atomic E-state index is 12.8. The van der Waals surface area contributed by atoms with Gasteiger partial charge in [0.1, 0.15) is 0 Å². The Labute approximate surface area is 179 Å². The number of hydrogen-bond donors (Lipinski definition) is 2. The summed E-state index contributed by atoms with van der Waals surface area (Å²) >= 11 is 6.61. The summed E-state index contributed by atoms with van der Waals surface area (Å²) in [5.41, 5.74) is 8.56. The second kappa shape index (κ2) is 8.09. The van der Waals surface area contributed by atoms with Gasteiger partial charge in [-0.25, -0.2) is 4.79 Å². The van der Waals surface area contributed by atoms with E-state index in [0.29, 0.717) is 35.1 Å². The third-order valence-electron chi connectivity index (χ3n) is 5.41. The lowest BCUT2D eigenvalue weighted by Gasteiger charge is -2.31. The number of nitrogens with zero attached hydrogens (tertiary/aromatic N) is 3. The summed E-state index contributed by atoms with van der Waals surface area (Å²) in [5.74, 6) is -0.534. The Morgan fingerprint density at radius 3 is 2.60 bits per heavy atom. The lowest BCUT2D eigenvalue weighted by molar-refractivity contribution is 0.0997. The van der Waals surface area contributed by atoms with E-state index in [4.69, 9.17) is 22.6 Å². The van der Waals surface area contributed by atoms with Crippen LogP contribution in [0.4, 0.5) is 10.5 Å². The van der Waals surface area contributed by atoms with Gasteiger partial charge in [0, 0.05) is 30.4 Å². The highest BCUT2D eigenvalue weighted by molar-refractivity contribution is 6.35. The summed E-state index contributed by atoms with van der Waals surface area (Å²) in [6.45, 7) is 1.22. The first-order chi connectivity index (χ1) is 14.5. The number of primary amides is 1. The van der Waals surface area contributed by atoms with E-state index in [2.05, 4.69) is 17.5 Å². The smallest absolute Gasteiger partial charge is 0.322 e. The minimum absolute atomic E-state index is 0.0633. The largest absolute Gasteiger partial charge is 0.365 e. The Morgan fingerprint density at radius 1 is 1.20 bits per heavy atom. The van der Waals surface area contributed by atoms with Crippen LogP contribution in [0.25, 0.3) is 0 Å². The van der Waals surface area contributed by atoms with Gasteiger partial charge in [-0.1, -0.05) is 35.9 Å². The van der Waals surface area contributed by atoms with Crippen molar-refractivity contribution in [3.05, 3.63) is 76.1 Å². The maximum Gasteiger partial charge on any atom is 0.322 e. The molecule has 30 heavy (non-hydrogen) atoms. The van der Waals surface area contributed by atoms with Gasteiger partial charge in [0.15, 0.2) is 0 Å². The monoisotopic (exact) mass is 421 g/mol. The van der Waals surface area contributed by atoms with E-state index < -0.39 is 5.91 Å². The predicted octanol–water partition coefficient (Wildman–Crippen LogP) is 3.76. The molecule has 0 fully saturated rings. The zero-order chi connectivity index (χ0) is 21.3. The van der Waals surface area contributed by atoms with E-state index in [1.165, 1.54) is 0 Å². The van der Waals surface area contributed by atoms with Crippen LogP contribution >= 0.6 is 11.6 Å². The van der Waals surface area contributed by atoms with Crippen LogP contribution in [0.1, 0.15) is 39.6 Å². The van der Waals surface area contributed by atoms with Crippen LogP contribution in [0.2, 0.25) is 5.02 Å². The summed E-state index contributed by atoms with van der Waals surface area (Å²) in [6.07, 6.45) is 8.86. The first-order valence-corrected chi connectivity index (χ1v) is 9.97. The second-order valence-electron chi connectivity index (χ2n) is 7.23. The van der Waals surface area contributed by atoms with Gasteiger partial charge in [-0.3, -0.25) is 4.79 Å². The molecule has 4 rings (SSSR count). The van der Waals surface area contributed by atoms with E-state index in [9.17, 15) is 9.59 Å². The van der Waals surface area contributed by atoms with Crippen LogP contribution in [-0.4, -0.2) is 28.0 Å². The van der Waals surface area contributed by atoms with Crippen LogP contribution in [0, 0.1) is 11.3 Å². The first kappa shape index (κ1) is 19.8. The number of allylic oxidation sites excluding steroid dienone is 4. The molecule has 0 bridgehead atoms. The SMILES string of the molecule is N#Cc1ccc(NC(=O)N2CCn3c(c(C(N)=O)c(Cl)c3C3C=CC=CC3)C2)cc1. The van der Waals surface area contributed by atoms with Crippen molar-refractivity contribution in [1.82, 2.24) is 9.47 Å². The van der Waals surface area contributed by atoms with Gasteiger partial charge >= 0.3 is 6.03 Å². The average Bonchev–Trinajstić information content (AvgIpc) is 3.06. The molecule has 3 N–H and O–H groups in total. The van der Waals surface area contributed by atoms with Crippen molar-refractivity contribution in [1.29, 1.82) is 5.26 Å². The van der Waals surface area contributed by atoms with Crippen LogP contribution in [-0.2, 0) is 13.1 Å². The van der Waals surface area contributed by atoms with Crippen LogP contribution < -0.4 is 11.1 Å². The molecule has 1 aliphatic carbocycles. The number of fused-ring (bicyclic) bond motifs is 1. The highest BCUT2D eigenvalue weighted by Gasteiger charge is 2.33. The zero-order valence-corrected chi connectivity index (χ0v) is 16.9. The molecular weight excluding hydrogens is 402 g/mol. The zero-order valence-electron chi connectivity index (χ0n) is 16.1. The van der Waals surface area contributed by atoms with E-state index in [1.807, 2.05) is 22.8 Å². The van der Waals surface area contributed by atoms with Crippen LogP contribution in [0.15, 0.2) is 48.6 Å². The Kier molecular flexibility index (Phi) is 5.34. The van der Waals surface area contributed by atoms with Crippen molar-refractivity contribution in [2.75, 3.05) is 11.9 Å². The van der Waals surface area contributed by atoms with Gasteiger partial charge in [-0.2, -0.15) is 5.26 Å². The van der Waals surface area contributed by atoms with Crippen molar-refractivity contribution >= 4 is 29.2 Å². The molecule has 0 spiro atoms. The number of carbonyl (C=O) groups excluding carboxylic acids is 2. The number of halogens is 1. The van der Waals surface area contributed by atoms with Crippen LogP contribution in [0.5, 0.6) is 0 Å². The quantitative estimate of drug-likeness (QED) is 0.788. The molecule has 0 saturated heterocycles. The predicted molar refractivity (Wildman–Crippen MR) is 114 cm³/mol. The third kappa shape index (κ3) is 3.58. The molecule has 1 aromatic heterocycles. The number of anilines is 1. The molecule has 152 valence electrons. The van der Waals surface area contributed by atoms with Crippen molar-refractivity contribution in [3.63, 3.8) is 0 Å². The lowest BCUT2D eigenvalue weighted by Crippen LogP contribution is -2.41. The highest BCUT2D eigenvalue weighted by atomic mass is 35.5. The number of amides is 3. The number of nitrogens with two attached hydrogens (primary N) is 1. The number of benzene rings is 1. The Balaban J connectivity index is 1.60. The minimum Gasteiger partial charge on any atom is -0.365 e. The van der Waals surface area contributed by atoms with E-state index in [1.54, 1.807) is 29.2 Å². The van der Waals surface area contributed by atoms with E-state index in [0.717, 1.165) is 12.1 Å². The molecule has 1 atom stereocenters. The van der Waals surface area contributed by atoms with Gasteiger partial charge in [0.25, 0.3) is 5.91 Å². The Hall–Kier alpha value is -3.50. The fraction of sp³-hybridized carbons (Fsp3) is 0.227. The van der Waals surface area contributed by atoms with Crippen molar-refractivity contribution in [2.45, 2.75) is 25.4 Å². The lowest BCUT2D eigenvalue weighted by atomic mass is 9.97. The summed E-state index contributed by atoms with van der Waals surface area (Å²) in [4.78, 5) is 26.6. The number of rotatable bonds is 3. The number of nitrogens with one attached hydrogen (secondary N) is 1. The molecule has 1 aromatic carbocycles. The fourth-order valence-corrected chi connectivity index (χ4v) is 4.40. The number of nitriles is 1. The Bertz CT molecular complexity index is 1110. The summed E-state index contributed by atoms with van der Waals surface area (Å²) < 4.78 is 2.03. The topological polar surface area (TPSA) is 104 Å². The maximum absolute atomic E-state index is 12.8. The highest BCUT2D eigenvalue weighted by Crippen LogP contribution is 2.38. The van der Waals surface area contributed by atoms with Crippen molar-refractivity contribution < 1.29 is 9.59 Å². The first-order valence-electron chi connectivity index (χ1n) is 9.59. The van der Waals surface area contributed by atoms with Crippen molar-refractivity contribution in [2.24, 2.45) is 5.73 Å². The van der Waals surface area contributed by atoms with E-state index >= 15 is 0 Å². The minimum atomic E-state index is -0.598.